The van der Waals surface area contributed by atoms with Gasteiger partial charge in [-0.25, -0.2) is 4.79 Å². The highest BCUT2D eigenvalue weighted by Crippen LogP contribution is 2.42. The first-order chi connectivity index (χ1) is 16.8. The summed E-state index contributed by atoms with van der Waals surface area (Å²) in [5, 5.41) is 0. The minimum Gasteiger partial charge on any atom is -0.444 e. The Kier molecular flexibility index (Phi) is 7.92. The van der Waals surface area contributed by atoms with Crippen LogP contribution in [-0.4, -0.2) is 58.6 Å². The number of nitrogens with zero attached hydrogens (tertiary/aromatic N) is 2. The Morgan fingerprint density at radius 2 is 1.49 bits per heavy atom. The monoisotopic (exact) mass is 478 g/mol. The standard InChI is InChI=1S/C29H38N2O4/c1-28(2,3)35-27(33)31-25-14-15-26(31)19-29(18-25,22-32)34-17-16-30(20-23-10-6-4-7-11-23)21-24-12-8-5-9-13-24/h4-13,22,25-26H,14-21H2,1-3H3/t25-,26+,29?. The highest BCUT2D eigenvalue weighted by molar-refractivity contribution is 5.71. The first-order valence-corrected chi connectivity index (χ1v) is 12.7. The zero-order valence-corrected chi connectivity index (χ0v) is 21.2. The summed E-state index contributed by atoms with van der Waals surface area (Å²) in [6, 6.07) is 20.8. The third-order valence-electron chi connectivity index (χ3n) is 6.90. The van der Waals surface area contributed by atoms with Gasteiger partial charge in [0.15, 0.2) is 6.29 Å². The lowest BCUT2D eigenvalue weighted by molar-refractivity contribution is -0.144. The molecule has 35 heavy (non-hydrogen) atoms. The Bertz CT molecular complexity index is 918. The number of hydrogen-bond donors (Lipinski definition) is 0. The van der Waals surface area contributed by atoms with Gasteiger partial charge in [0.1, 0.15) is 11.2 Å². The number of hydrogen-bond acceptors (Lipinski definition) is 5. The van der Waals surface area contributed by atoms with E-state index in [-0.39, 0.29) is 18.2 Å². The second-order valence-corrected chi connectivity index (χ2v) is 10.9. The average Bonchev–Trinajstić information content (AvgIpc) is 3.11. The Morgan fingerprint density at radius 3 is 1.94 bits per heavy atom. The van der Waals surface area contributed by atoms with E-state index in [0.29, 0.717) is 26.0 Å². The summed E-state index contributed by atoms with van der Waals surface area (Å²) < 4.78 is 12.0. The SMILES string of the molecule is CC(C)(C)OC(=O)N1[C@@H]2CC[C@H]1CC(C=O)(OCCN(Cc1ccccc1)Cc1ccccc1)C2. The Labute approximate surface area is 209 Å². The van der Waals surface area contributed by atoms with Crippen LogP contribution in [0.2, 0.25) is 0 Å². The molecule has 1 unspecified atom stereocenters. The lowest BCUT2D eigenvalue weighted by Gasteiger charge is -2.43. The molecule has 0 spiro atoms. The van der Waals surface area contributed by atoms with Crippen molar-refractivity contribution in [2.24, 2.45) is 0 Å². The number of fused-ring (bicyclic) bond motifs is 2. The van der Waals surface area contributed by atoms with E-state index in [0.717, 1.165) is 32.2 Å². The van der Waals surface area contributed by atoms with Gasteiger partial charge in [0.25, 0.3) is 0 Å². The number of aldehydes is 1. The number of carbonyl (C=O) groups is 2. The van der Waals surface area contributed by atoms with Gasteiger partial charge in [0.05, 0.1) is 6.61 Å². The van der Waals surface area contributed by atoms with Crippen LogP contribution in [0, 0.1) is 0 Å². The first-order valence-electron chi connectivity index (χ1n) is 12.7. The Balaban J connectivity index is 1.38. The van der Waals surface area contributed by atoms with Crippen molar-refractivity contribution in [3.05, 3.63) is 71.8 Å². The number of carbonyl (C=O) groups excluding carboxylic acids is 2. The fraction of sp³-hybridized carbons (Fsp3) is 0.517. The molecule has 2 aliphatic rings. The van der Waals surface area contributed by atoms with Gasteiger partial charge in [-0.05, 0) is 44.7 Å². The Morgan fingerprint density at radius 1 is 0.971 bits per heavy atom. The van der Waals surface area contributed by atoms with Crippen LogP contribution >= 0.6 is 0 Å². The molecule has 2 aliphatic heterocycles. The number of ether oxygens (including phenoxy) is 2. The summed E-state index contributed by atoms with van der Waals surface area (Å²) in [6.07, 6.45) is 3.53. The van der Waals surface area contributed by atoms with Crippen LogP contribution < -0.4 is 0 Å². The fourth-order valence-corrected chi connectivity index (χ4v) is 5.38. The van der Waals surface area contributed by atoms with Crippen molar-refractivity contribution in [2.45, 2.75) is 82.8 Å². The topological polar surface area (TPSA) is 59.1 Å². The van der Waals surface area contributed by atoms with Crippen LogP contribution in [-0.2, 0) is 27.4 Å². The predicted molar refractivity (Wildman–Crippen MR) is 136 cm³/mol. The van der Waals surface area contributed by atoms with Gasteiger partial charge in [-0.1, -0.05) is 60.7 Å². The van der Waals surface area contributed by atoms with Crippen molar-refractivity contribution in [2.75, 3.05) is 13.2 Å². The Hall–Kier alpha value is -2.70. The molecule has 6 heteroatoms. The lowest BCUT2D eigenvalue weighted by atomic mass is 9.87. The van der Waals surface area contributed by atoms with Gasteiger partial charge in [0, 0.05) is 44.6 Å². The molecule has 2 aromatic carbocycles. The van der Waals surface area contributed by atoms with Crippen molar-refractivity contribution in [1.29, 1.82) is 0 Å². The van der Waals surface area contributed by atoms with E-state index in [2.05, 4.69) is 53.4 Å². The lowest BCUT2D eigenvalue weighted by Crippen LogP contribution is -2.56. The summed E-state index contributed by atoms with van der Waals surface area (Å²) in [5.41, 5.74) is 1.12. The van der Waals surface area contributed by atoms with Gasteiger partial charge >= 0.3 is 6.09 Å². The van der Waals surface area contributed by atoms with Crippen molar-refractivity contribution >= 4 is 12.4 Å². The molecule has 0 N–H and O–H groups in total. The van der Waals surface area contributed by atoms with Crippen LogP contribution in [0.4, 0.5) is 4.79 Å². The second kappa shape index (κ2) is 10.9. The molecule has 188 valence electrons. The van der Waals surface area contributed by atoms with Gasteiger partial charge in [-0.3, -0.25) is 4.90 Å². The van der Waals surface area contributed by atoms with Crippen LogP contribution in [0.5, 0.6) is 0 Å². The van der Waals surface area contributed by atoms with Crippen LogP contribution in [0.25, 0.3) is 0 Å². The fourth-order valence-electron chi connectivity index (χ4n) is 5.38. The van der Waals surface area contributed by atoms with Crippen LogP contribution in [0.15, 0.2) is 60.7 Å². The summed E-state index contributed by atoms with van der Waals surface area (Å²) in [4.78, 5) is 29.3. The quantitative estimate of drug-likeness (QED) is 0.464. The molecule has 0 aliphatic carbocycles. The third-order valence-corrected chi connectivity index (χ3v) is 6.90. The normalized spacial score (nSPS) is 23.9. The molecule has 1 amide bonds. The van der Waals surface area contributed by atoms with E-state index in [9.17, 15) is 9.59 Å². The maximum Gasteiger partial charge on any atom is 0.410 e. The average molecular weight is 479 g/mol. The molecule has 0 saturated carbocycles. The molecule has 4 rings (SSSR count). The molecule has 2 saturated heterocycles. The zero-order valence-electron chi connectivity index (χ0n) is 21.2. The number of piperidine rings is 1. The van der Waals surface area contributed by atoms with Crippen LogP contribution in [0.1, 0.15) is 57.6 Å². The molecule has 0 radical (unpaired) electrons. The van der Waals surface area contributed by atoms with E-state index < -0.39 is 11.2 Å². The van der Waals surface area contributed by atoms with E-state index in [1.54, 1.807) is 0 Å². The van der Waals surface area contributed by atoms with Gasteiger partial charge in [-0.2, -0.15) is 0 Å². The molecule has 6 nitrogen and oxygen atoms in total. The zero-order chi connectivity index (χ0) is 24.9. The minimum absolute atomic E-state index is 0.0152. The molecule has 2 heterocycles. The largest absolute Gasteiger partial charge is 0.444 e. The van der Waals surface area contributed by atoms with Crippen molar-refractivity contribution in [3.8, 4) is 0 Å². The summed E-state index contributed by atoms with van der Waals surface area (Å²) in [5.74, 6) is 0. The molecule has 0 aromatic heterocycles. The van der Waals surface area contributed by atoms with Gasteiger partial charge < -0.3 is 19.2 Å². The summed E-state index contributed by atoms with van der Waals surface area (Å²) in [7, 11) is 0. The van der Waals surface area contributed by atoms with Crippen molar-refractivity contribution in [1.82, 2.24) is 9.80 Å². The minimum atomic E-state index is -0.838. The number of rotatable bonds is 9. The van der Waals surface area contributed by atoms with Crippen LogP contribution in [0.3, 0.4) is 0 Å². The van der Waals surface area contributed by atoms with E-state index >= 15 is 0 Å². The summed E-state index contributed by atoms with van der Waals surface area (Å²) in [6.45, 7) is 8.44. The number of benzene rings is 2. The molecular formula is C29H38N2O4. The summed E-state index contributed by atoms with van der Waals surface area (Å²) >= 11 is 0. The predicted octanol–water partition coefficient (Wildman–Crippen LogP) is 5.21. The van der Waals surface area contributed by atoms with E-state index in [1.165, 1.54) is 11.1 Å². The highest BCUT2D eigenvalue weighted by Gasteiger charge is 2.51. The third kappa shape index (κ3) is 6.71. The first kappa shape index (κ1) is 25.4. The molecule has 2 aromatic rings. The molecular weight excluding hydrogens is 440 g/mol. The van der Waals surface area contributed by atoms with E-state index in [4.69, 9.17) is 9.47 Å². The highest BCUT2D eigenvalue weighted by atomic mass is 16.6. The maximum absolute atomic E-state index is 12.8. The smallest absolute Gasteiger partial charge is 0.410 e. The number of amides is 1. The molecule has 2 fully saturated rings. The second-order valence-electron chi connectivity index (χ2n) is 10.9. The maximum atomic E-state index is 12.8. The molecule has 3 atom stereocenters. The van der Waals surface area contributed by atoms with Gasteiger partial charge in [0.2, 0.25) is 0 Å². The van der Waals surface area contributed by atoms with Crippen molar-refractivity contribution < 1.29 is 19.1 Å². The van der Waals surface area contributed by atoms with E-state index in [1.807, 2.05) is 37.8 Å². The molecule has 2 bridgehead atoms. The van der Waals surface area contributed by atoms with Crippen molar-refractivity contribution in [3.63, 3.8) is 0 Å². The van der Waals surface area contributed by atoms with Gasteiger partial charge in [-0.15, -0.1) is 0 Å².